The van der Waals surface area contributed by atoms with Crippen molar-refractivity contribution in [1.29, 1.82) is 5.26 Å². The quantitative estimate of drug-likeness (QED) is 0.839. The van der Waals surface area contributed by atoms with Crippen molar-refractivity contribution in [2.45, 2.75) is 12.5 Å². The van der Waals surface area contributed by atoms with Gasteiger partial charge in [-0.15, -0.1) is 0 Å². The van der Waals surface area contributed by atoms with E-state index < -0.39 is 11.6 Å². The molecule has 6 heteroatoms. The molecule has 0 unspecified atom stereocenters. The van der Waals surface area contributed by atoms with E-state index in [1.54, 1.807) is 18.3 Å². The minimum absolute atomic E-state index is 0.308. The number of carboxylic acid groups (broad SMARTS) is 1. The SMILES string of the molecule is CC1(OCC(=O)O)CN(c2ncccc2C#N)C1. The molecular formula is C12H13N3O3. The van der Waals surface area contributed by atoms with E-state index in [0.29, 0.717) is 24.5 Å². The lowest BCUT2D eigenvalue weighted by atomic mass is 9.96. The largest absolute Gasteiger partial charge is 0.480 e. The second-order valence-corrected chi connectivity index (χ2v) is 4.47. The number of nitrogens with zero attached hydrogens (tertiary/aromatic N) is 3. The van der Waals surface area contributed by atoms with Crippen LogP contribution in [0, 0.1) is 11.3 Å². The second kappa shape index (κ2) is 4.63. The van der Waals surface area contributed by atoms with Gasteiger partial charge in [0.25, 0.3) is 0 Å². The zero-order valence-corrected chi connectivity index (χ0v) is 9.96. The van der Waals surface area contributed by atoms with Crippen molar-refractivity contribution in [2.75, 3.05) is 24.6 Å². The Bertz CT molecular complexity index is 504. The van der Waals surface area contributed by atoms with Crippen LogP contribution in [0.4, 0.5) is 5.82 Å². The van der Waals surface area contributed by atoms with Gasteiger partial charge in [-0.1, -0.05) is 0 Å². The predicted molar refractivity (Wildman–Crippen MR) is 63.2 cm³/mol. The molecule has 2 rings (SSSR count). The van der Waals surface area contributed by atoms with Gasteiger partial charge in [0.2, 0.25) is 0 Å². The molecule has 1 saturated heterocycles. The molecule has 6 nitrogen and oxygen atoms in total. The maximum Gasteiger partial charge on any atom is 0.329 e. The number of nitriles is 1. The van der Waals surface area contributed by atoms with Crippen LogP contribution in [0.1, 0.15) is 12.5 Å². The van der Waals surface area contributed by atoms with Crippen LogP contribution in [0.5, 0.6) is 0 Å². The van der Waals surface area contributed by atoms with Crippen LogP contribution in [-0.2, 0) is 9.53 Å². The number of carboxylic acids is 1. The van der Waals surface area contributed by atoms with E-state index >= 15 is 0 Å². The van der Waals surface area contributed by atoms with Crippen LogP contribution in [0.15, 0.2) is 18.3 Å². The second-order valence-electron chi connectivity index (χ2n) is 4.47. The zero-order valence-electron chi connectivity index (χ0n) is 9.96. The molecular weight excluding hydrogens is 234 g/mol. The van der Waals surface area contributed by atoms with E-state index in [-0.39, 0.29) is 6.61 Å². The Balaban J connectivity index is 2.00. The molecule has 1 N–H and O–H groups in total. The highest BCUT2D eigenvalue weighted by molar-refractivity contribution is 5.68. The Hall–Kier alpha value is -2.13. The van der Waals surface area contributed by atoms with Gasteiger partial charge in [0.1, 0.15) is 24.1 Å². The first kappa shape index (κ1) is 12.3. The highest BCUT2D eigenvalue weighted by Gasteiger charge is 2.41. The number of hydrogen-bond acceptors (Lipinski definition) is 5. The molecule has 0 radical (unpaired) electrons. The van der Waals surface area contributed by atoms with Gasteiger partial charge in [-0.25, -0.2) is 9.78 Å². The van der Waals surface area contributed by atoms with Gasteiger partial charge in [-0.2, -0.15) is 5.26 Å². The fourth-order valence-electron chi connectivity index (χ4n) is 1.97. The summed E-state index contributed by atoms with van der Waals surface area (Å²) in [4.78, 5) is 16.5. The van der Waals surface area contributed by atoms with Crippen molar-refractivity contribution in [1.82, 2.24) is 4.98 Å². The van der Waals surface area contributed by atoms with Crippen LogP contribution in [0.2, 0.25) is 0 Å². The van der Waals surface area contributed by atoms with E-state index in [2.05, 4.69) is 11.1 Å². The Labute approximate surface area is 104 Å². The average molecular weight is 247 g/mol. The summed E-state index contributed by atoms with van der Waals surface area (Å²) in [6.45, 7) is 2.61. The molecule has 1 fully saturated rings. The van der Waals surface area contributed by atoms with Gasteiger partial charge in [0, 0.05) is 6.20 Å². The number of rotatable bonds is 4. The monoisotopic (exact) mass is 247 g/mol. The number of hydrogen-bond donors (Lipinski definition) is 1. The molecule has 94 valence electrons. The molecule has 1 aliphatic heterocycles. The fraction of sp³-hybridized carbons (Fsp3) is 0.417. The number of carbonyl (C=O) groups is 1. The summed E-state index contributed by atoms with van der Waals surface area (Å²) in [7, 11) is 0. The summed E-state index contributed by atoms with van der Waals surface area (Å²) in [6.07, 6.45) is 1.63. The number of ether oxygens (including phenoxy) is 1. The highest BCUT2D eigenvalue weighted by atomic mass is 16.5. The van der Waals surface area contributed by atoms with Crippen molar-refractivity contribution in [3.8, 4) is 6.07 Å². The minimum atomic E-state index is -0.981. The van der Waals surface area contributed by atoms with Crippen LogP contribution in [-0.4, -0.2) is 41.4 Å². The molecule has 0 saturated carbocycles. The Kier molecular flexibility index (Phi) is 3.17. The molecule has 1 aromatic heterocycles. The molecule has 2 heterocycles. The Morgan fingerprint density at radius 1 is 1.72 bits per heavy atom. The molecule has 18 heavy (non-hydrogen) atoms. The fourth-order valence-corrected chi connectivity index (χ4v) is 1.97. The molecule has 0 bridgehead atoms. The Morgan fingerprint density at radius 3 is 3.06 bits per heavy atom. The summed E-state index contributed by atoms with van der Waals surface area (Å²) in [5.41, 5.74) is 0.0283. The van der Waals surface area contributed by atoms with Crippen molar-refractivity contribution in [3.63, 3.8) is 0 Å². The summed E-state index contributed by atoms with van der Waals surface area (Å²) in [5.74, 6) is -0.360. The smallest absolute Gasteiger partial charge is 0.329 e. The van der Waals surface area contributed by atoms with Gasteiger partial charge >= 0.3 is 5.97 Å². The third-order valence-corrected chi connectivity index (χ3v) is 2.80. The van der Waals surface area contributed by atoms with Gasteiger partial charge in [-0.05, 0) is 19.1 Å². The van der Waals surface area contributed by atoms with Gasteiger partial charge in [-0.3, -0.25) is 0 Å². The first-order valence-electron chi connectivity index (χ1n) is 5.50. The molecule has 1 aromatic rings. The van der Waals surface area contributed by atoms with Crippen molar-refractivity contribution >= 4 is 11.8 Å². The van der Waals surface area contributed by atoms with E-state index in [9.17, 15) is 4.79 Å². The third kappa shape index (κ3) is 2.41. The van der Waals surface area contributed by atoms with Crippen LogP contribution >= 0.6 is 0 Å². The van der Waals surface area contributed by atoms with E-state index in [1.807, 2.05) is 11.8 Å². The van der Waals surface area contributed by atoms with Crippen molar-refractivity contribution in [2.24, 2.45) is 0 Å². The first-order valence-corrected chi connectivity index (χ1v) is 5.50. The van der Waals surface area contributed by atoms with E-state index in [4.69, 9.17) is 15.1 Å². The molecule has 0 amide bonds. The highest BCUT2D eigenvalue weighted by Crippen LogP contribution is 2.30. The number of aromatic nitrogens is 1. The zero-order chi connectivity index (χ0) is 13.2. The Morgan fingerprint density at radius 2 is 2.44 bits per heavy atom. The maximum absolute atomic E-state index is 10.4. The minimum Gasteiger partial charge on any atom is -0.480 e. The summed E-state index contributed by atoms with van der Waals surface area (Å²) in [6, 6.07) is 5.50. The standard InChI is InChI=1S/C12H13N3O3/c1-12(18-6-10(16)17)7-15(8-12)11-9(5-13)3-2-4-14-11/h2-4H,6-8H2,1H3,(H,16,17). The number of aliphatic carboxylic acids is 1. The van der Waals surface area contributed by atoms with Crippen molar-refractivity contribution in [3.05, 3.63) is 23.9 Å². The van der Waals surface area contributed by atoms with Crippen LogP contribution in [0.25, 0.3) is 0 Å². The van der Waals surface area contributed by atoms with Gasteiger partial charge < -0.3 is 14.7 Å². The lowest BCUT2D eigenvalue weighted by Crippen LogP contribution is -2.62. The number of anilines is 1. The average Bonchev–Trinajstić information content (AvgIpc) is 2.33. The maximum atomic E-state index is 10.4. The molecule has 0 aromatic carbocycles. The lowest BCUT2D eigenvalue weighted by Gasteiger charge is -2.48. The molecule has 0 spiro atoms. The summed E-state index contributed by atoms with van der Waals surface area (Å²) in [5, 5.41) is 17.5. The number of pyridine rings is 1. The van der Waals surface area contributed by atoms with E-state index in [1.165, 1.54) is 0 Å². The molecule has 1 aliphatic rings. The first-order chi connectivity index (χ1) is 8.54. The van der Waals surface area contributed by atoms with Gasteiger partial charge in [0.15, 0.2) is 0 Å². The third-order valence-electron chi connectivity index (χ3n) is 2.80. The van der Waals surface area contributed by atoms with Crippen molar-refractivity contribution < 1.29 is 14.6 Å². The van der Waals surface area contributed by atoms with Crippen LogP contribution < -0.4 is 4.90 Å². The van der Waals surface area contributed by atoms with Crippen LogP contribution in [0.3, 0.4) is 0 Å². The summed E-state index contributed by atoms with van der Waals surface area (Å²) >= 11 is 0. The van der Waals surface area contributed by atoms with Gasteiger partial charge in [0.05, 0.1) is 18.7 Å². The van der Waals surface area contributed by atoms with E-state index in [0.717, 1.165) is 0 Å². The molecule has 0 atom stereocenters. The molecule has 0 aliphatic carbocycles. The normalized spacial score (nSPS) is 16.8. The topological polar surface area (TPSA) is 86.5 Å². The lowest BCUT2D eigenvalue weighted by molar-refractivity contribution is -0.150. The predicted octanol–water partition coefficient (Wildman–Crippen LogP) is 0.633. The summed E-state index contributed by atoms with van der Waals surface area (Å²) < 4.78 is 5.30.